The molecule has 0 amide bonds. The van der Waals surface area contributed by atoms with Gasteiger partial charge in [-0.25, -0.2) is 4.98 Å². The largest absolute Gasteiger partial charge is 0.495 e. The van der Waals surface area contributed by atoms with Crippen LogP contribution in [0.25, 0.3) is 5.57 Å². The molecule has 6 heteroatoms. The molecule has 0 radical (unpaired) electrons. The molecule has 2 heterocycles. The first kappa shape index (κ1) is 20.0. The Labute approximate surface area is 166 Å². The zero-order chi connectivity index (χ0) is 20.1. The summed E-state index contributed by atoms with van der Waals surface area (Å²) in [5.74, 6) is 2.55. The highest BCUT2D eigenvalue weighted by Crippen LogP contribution is 2.31. The summed E-state index contributed by atoms with van der Waals surface area (Å²) in [6.07, 6.45) is 7.51. The quantitative estimate of drug-likeness (QED) is 0.717. The Morgan fingerprint density at radius 2 is 1.96 bits per heavy atom. The number of aromatic nitrogens is 3. The first-order chi connectivity index (χ1) is 13.5. The molecule has 28 heavy (non-hydrogen) atoms. The van der Waals surface area contributed by atoms with Crippen molar-refractivity contribution in [2.75, 3.05) is 13.7 Å². The van der Waals surface area contributed by atoms with E-state index in [0.29, 0.717) is 24.7 Å². The van der Waals surface area contributed by atoms with E-state index in [-0.39, 0.29) is 17.6 Å². The lowest BCUT2D eigenvalue weighted by Gasteiger charge is -2.21. The fraction of sp³-hybridized carbons (Fsp3) is 0.455. The molecule has 0 bridgehead atoms. The average molecular weight is 381 g/mol. The molecule has 2 atom stereocenters. The number of hydrogen-bond acceptors (Lipinski definition) is 6. The van der Waals surface area contributed by atoms with E-state index in [1.165, 1.54) is 0 Å². The molecule has 1 aliphatic rings. The molecule has 1 aliphatic carbocycles. The van der Waals surface area contributed by atoms with Gasteiger partial charge in [0.25, 0.3) is 0 Å². The zero-order valence-electron chi connectivity index (χ0n) is 16.9. The molecule has 0 unspecified atom stereocenters. The Morgan fingerprint density at radius 1 is 1.14 bits per heavy atom. The monoisotopic (exact) mass is 381 g/mol. The molecular formula is C22H27N3O3. The number of rotatable bonds is 7. The highest BCUT2D eigenvalue weighted by atomic mass is 16.5. The lowest BCUT2D eigenvalue weighted by molar-refractivity contribution is -0.114. The molecular weight excluding hydrogens is 354 g/mol. The van der Waals surface area contributed by atoms with Gasteiger partial charge in [-0.2, -0.15) is 4.98 Å². The fourth-order valence-electron chi connectivity index (χ4n) is 3.21. The molecule has 0 fully saturated rings. The summed E-state index contributed by atoms with van der Waals surface area (Å²) in [5.41, 5.74) is 2.78. The molecule has 0 aromatic carbocycles. The minimum absolute atomic E-state index is 0.153. The summed E-state index contributed by atoms with van der Waals surface area (Å²) >= 11 is 0. The van der Waals surface area contributed by atoms with E-state index >= 15 is 0 Å². The lowest BCUT2D eigenvalue weighted by Crippen LogP contribution is -2.17. The maximum absolute atomic E-state index is 11.8. The summed E-state index contributed by atoms with van der Waals surface area (Å²) in [6, 6.07) is 3.91. The van der Waals surface area contributed by atoms with Crippen molar-refractivity contribution in [3.05, 3.63) is 47.7 Å². The smallest absolute Gasteiger partial charge is 0.224 e. The first-order valence-corrected chi connectivity index (χ1v) is 9.68. The number of allylic oxidation sites excluding steroid dienone is 2. The van der Waals surface area contributed by atoms with Gasteiger partial charge in [0.15, 0.2) is 5.78 Å². The fourth-order valence-corrected chi connectivity index (χ4v) is 3.21. The van der Waals surface area contributed by atoms with Gasteiger partial charge in [-0.3, -0.25) is 9.78 Å². The zero-order valence-corrected chi connectivity index (χ0v) is 16.9. The van der Waals surface area contributed by atoms with E-state index in [1.807, 2.05) is 19.1 Å². The Kier molecular flexibility index (Phi) is 6.39. The Hall–Kier alpha value is -2.76. The van der Waals surface area contributed by atoms with Gasteiger partial charge in [-0.05, 0) is 49.5 Å². The third-order valence-electron chi connectivity index (χ3n) is 5.22. The minimum atomic E-state index is 0.153. The van der Waals surface area contributed by atoms with Crippen molar-refractivity contribution in [3.8, 4) is 11.6 Å². The number of hydrogen-bond donors (Lipinski definition) is 0. The highest BCUT2D eigenvalue weighted by molar-refractivity contribution is 5.98. The third kappa shape index (κ3) is 4.74. The van der Waals surface area contributed by atoms with Crippen LogP contribution in [0, 0.1) is 12.8 Å². The van der Waals surface area contributed by atoms with E-state index in [9.17, 15) is 4.79 Å². The summed E-state index contributed by atoms with van der Waals surface area (Å²) in [5, 5.41) is 0. The highest BCUT2D eigenvalue weighted by Gasteiger charge is 2.20. The van der Waals surface area contributed by atoms with Gasteiger partial charge in [0.1, 0.15) is 11.6 Å². The van der Waals surface area contributed by atoms with Crippen molar-refractivity contribution in [2.45, 2.75) is 46.0 Å². The molecule has 0 spiro atoms. The molecule has 2 aromatic rings. The normalized spacial score (nSPS) is 16.3. The van der Waals surface area contributed by atoms with Gasteiger partial charge in [-0.1, -0.05) is 13.8 Å². The van der Waals surface area contributed by atoms with Crippen LogP contribution < -0.4 is 9.47 Å². The maximum atomic E-state index is 11.8. The van der Waals surface area contributed by atoms with Crippen molar-refractivity contribution >= 4 is 11.4 Å². The molecule has 148 valence electrons. The molecule has 6 nitrogen and oxygen atoms in total. The lowest BCUT2D eigenvalue weighted by atomic mass is 9.93. The SMILES string of the molecule is COc1ccc([C@@H](C)[C@H](C)COc2nc(C)ncc2C2=CC(=O)CCC2)nc1. The second-order valence-electron chi connectivity index (χ2n) is 7.33. The van der Waals surface area contributed by atoms with Crippen LogP contribution in [0.1, 0.15) is 56.1 Å². The van der Waals surface area contributed by atoms with E-state index in [2.05, 4.69) is 28.8 Å². The van der Waals surface area contributed by atoms with Crippen molar-refractivity contribution in [2.24, 2.45) is 5.92 Å². The predicted molar refractivity (Wildman–Crippen MR) is 107 cm³/mol. The van der Waals surface area contributed by atoms with Gasteiger partial charge in [0.05, 0.1) is 25.5 Å². The molecule has 2 aromatic heterocycles. The number of carbonyl (C=O) groups excluding carboxylic acids is 1. The van der Waals surface area contributed by atoms with Crippen LogP contribution in [0.3, 0.4) is 0 Å². The van der Waals surface area contributed by atoms with E-state index in [0.717, 1.165) is 35.4 Å². The van der Waals surface area contributed by atoms with Crippen molar-refractivity contribution in [3.63, 3.8) is 0 Å². The van der Waals surface area contributed by atoms with Gasteiger partial charge >= 0.3 is 0 Å². The third-order valence-corrected chi connectivity index (χ3v) is 5.22. The topological polar surface area (TPSA) is 74.2 Å². The van der Waals surface area contributed by atoms with Gasteiger partial charge < -0.3 is 9.47 Å². The van der Waals surface area contributed by atoms with Crippen LogP contribution in [0.4, 0.5) is 0 Å². The number of pyridine rings is 1. The summed E-state index contributed by atoms with van der Waals surface area (Å²) < 4.78 is 11.3. The number of ether oxygens (including phenoxy) is 2. The van der Waals surface area contributed by atoms with Gasteiger partial charge in [0.2, 0.25) is 5.88 Å². The van der Waals surface area contributed by atoms with Crippen molar-refractivity contribution in [1.29, 1.82) is 0 Å². The molecule has 3 rings (SSSR count). The standard InChI is InChI=1S/C22H27N3O3/c1-14(15(2)21-9-8-19(27-4)11-24-21)13-28-22-20(12-23-16(3)25-22)17-6-5-7-18(26)10-17/h8-12,14-15H,5-7,13H2,1-4H3/t14-,15+/m1/s1. The number of carbonyl (C=O) groups is 1. The van der Waals surface area contributed by atoms with Crippen LogP contribution in [-0.2, 0) is 4.79 Å². The Bertz CT molecular complexity index is 862. The molecule has 0 saturated carbocycles. The summed E-state index contributed by atoms with van der Waals surface area (Å²) in [7, 11) is 1.63. The summed E-state index contributed by atoms with van der Waals surface area (Å²) in [6.45, 7) is 6.61. The van der Waals surface area contributed by atoms with Crippen LogP contribution in [-0.4, -0.2) is 34.5 Å². The van der Waals surface area contributed by atoms with E-state index in [4.69, 9.17) is 9.47 Å². The van der Waals surface area contributed by atoms with Crippen molar-refractivity contribution in [1.82, 2.24) is 15.0 Å². The van der Waals surface area contributed by atoms with Crippen LogP contribution in [0.2, 0.25) is 0 Å². The molecule has 0 N–H and O–H groups in total. The Morgan fingerprint density at radius 3 is 2.64 bits per heavy atom. The van der Waals surface area contributed by atoms with Gasteiger partial charge in [0, 0.05) is 24.2 Å². The second-order valence-corrected chi connectivity index (χ2v) is 7.33. The van der Waals surface area contributed by atoms with Crippen LogP contribution in [0.15, 0.2) is 30.6 Å². The average Bonchev–Trinajstić information content (AvgIpc) is 2.71. The van der Waals surface area contributed by atoms with Crippen molar-refractivity contribution < 1.29 is 14.3 Å². The second kappa shape index (κ2) is 8.95. The molecule has 0 aliphatic heterocycles. The predicted octanol–water partition coefficient (Wildman–Crippen LogP) is 4.14. The first-order valence-electron chi connectivity index (χ1n) is 9.68. The minimum Gasteiger partial charge on any atom is -0.495 e. The Balaban J connectivity index is 1.72. The maximum Gasteiger partial charge on any atom is 0.224 e. The van der Waals surface area contributed by atoms with Crippen LogP contribution in [0.5, 0.6) is 11.6 Å². The summed E-state index contributed by atoms with van der Waals surface area (Å²) in [4.78, 5) is 25.1. The molecule has 0 saturated heterocycles. The number of nitrogens with zero attached hydrogens (tertiary/aromatic N) is 3. The van der Waals surface area contributed by atoms with E-state index in [1.54, 1.807) is 25.6 Å². The van der Waals surface area contributed by atoms with Gasteiger partial charge in [-0.15, -0.1) is 0 Å². The van der Waals surface area contributed by atoms with Crippen LogP contribution >= 0.6 is 0 Å². The number of aryl methyl sites for hydroxylation is 1. The number of methoxy groups -OCH3 is 1. The number of ketones is 1. The van der Waals surface area contributed by atoms with E-state index < -0.39 is 0 Å².